The summed E-state index contributed by atoms with van der Waals surface area (Å²) in [7, 11) is 0. The van der Waals surface area contributed by atoms with Crippen molar-refractivity contribution in [3.63, 3.8) is 0 Å². The first-order valence-corrected chi connectivity index (χ1v) is 7.22. The molecule has 1 fully saturated rings. The zero-order valence-corrected chi connectivity index (χ0v) is 11.5. The molecule has 2 heterocycles. The second-order valence-electron chi connectivity index (χ2n) is 5.20. The first-order valence-electron chi connectivity index (χ1n) is 7.22. The van der Waals surface area contributed by atoms with E-state index in [9.17, 15) is 4.79 Å². The van der Waals surface area contributed by atoms with Gasteiger partial charge < -0.3 is 20.1 Å². The van der Waals surface area contributed by atoms with E-state index in [0.717, 1.165) is 42.9 Å². The van der Waals surface area contributed by atoms with Crippen molar-refractivity contribution >= 4 is 5.91 Å². The summed E-state index contributed by atoms with van der Waals surface area (Å²) in [5.41, 5.74) is 1.10. The maximum absolute atomic E-state index is 11.8. The third kappa shape index (κ3) is 3.04. The summed E-state index contributed by atoms with van der Waals surface area (Å²) in [6.07, 6.45) is 3.04. The molecule has 2 N–H and O–H groups in total. The minimum absolute atomic E-state index is 0.0919. The molecule has 0 aromatic heterocycles. The van der Waals surface area contributed by atoms with Crippen LogP contribution in [0.25, 0.3) is 0 Å². The van der Waals surface area contributed by atoms with E-state index in [2.05, 4.69) is 10.6 Å². The van der Waals surface area contributed by atoms with Gasteiger partial charge in [0.15, 0.2) is 11.5 Å². The highest BCUT2D eigenvalue weighted by Crippen LogP contribution is 2.30. The van der Waals surface area contributed by atoms with E-state index in [0.29, 0.717) is 19.8 Å². The number of rotatable bonds is 3. The minimum Gasteiger partial charge on any atom is -0.486 e. The standard InChI is InChI=1S/C15H20N2O3/c18-15-12(3-1-2-6-16-15)17-10-11-4-5-13-14(9-11)20-8-7-19-13/h4-5,9,12,17H,1-3,6-8,10H2,(H,16,18). The average Bonchev–Trinajstić information content (AvgIpc) is 2.69. The second-order valence-corrected chi connectivity index (χ2v) is 5.20. The molecular weight excluding hydrogens is 256 g/mol. The SMILES string of the molecule is O=C1NCCCCC1NCc1ccc2c(c1)OCCO2. The summed E-state index contributed by atoms with van der Waals surface area (Å²) in [4.78, 5) is 11.8. The Kier molecular flexibility index (Phi) is 4.06. The summed E-state index contributed by atoms with van der Waals surface area (Å²) in [5.74, 6) is 1.70. The molecule has 0 saturated carbocycles. The molecule has 1 unspecified atom stereocenters. The number of nitrogens with one attached hydrogen (secondary N) is 2. The number of amides is 1. The third-order valence-corrected chi connectivity index (χ3v) is 3.69. The normalized spacial score (nSPS) is 22.0. The maximum atomic E-state index is 11.8. The van der Waals surface area contributed by atoms with Crippen LogP contribution in [-0.2, 0) is 11.3 Å². The first kappa shape index (κ1) is 13.2. The number of hydrogen-bond acceptors (Lipinski definition) is 4. The lowest BCUT2D eigenvalue weighted by Gasteiger charge is -2.20. The smallest absolute Gasteiger partial charge is 0.237 e. The molecule has 0 aliphatic carbocycles. The van der Waals surface area contributed by atoms with Gasteiger partial charge in [0, 0.05) is 13.1 Å². The predicted octanol–water partition coefficient (Wildman–Crippen LogP) is 1.22. The van der Waals surface area contributed by atoms with Crippen LogP contribution < -0.4 is 20.1 Å². The molecule has 108 valence electrons. The molecule has 1 aromatic carbocycles. The van der Waals surface area contributed by atoms with Gasteiger partial charge in [-0.15, -0.1) is 0 Å². The van der Waals surface area contributed by atoms with Gasteiger partial charge in [-0.3, -0.25) is 4.79 Å². The highest BCUT2D eigenvalue weighted by atomic mass is 16.6. The van der Waals surface area contributed by atoms with Crippen LogP contribution in [0, 0.1) is 0 Å². The Labute approximate surface area is 118 Å². The summed E-state index contributed by atoms with van der Waals surface area (Å²) in [6.45, 7) is 2.65. The predicted molar refractivity (Wildman–Crippen MR) is 74.9 cm³/mol. The second kappa shape index (κ2) is 6.13. The van der Waals surface area contributed by atoms with Crippen LogP contribution >= 0.6 is 0 Å². The van der Waals surface area contributed by atoms with Crippen molar-refractivity contribution in [2.24, 2.45) is 0 Å². The Hall–Kier alpha value is -1.75. The van der Waals surface area contributed by atoms with Crippen LogP contribution in [0.2, 0.25) is 0 Å². The number of ether oxygens (including phenoxy) is 2. The van der Waals surface area contributed by atoms with E-state index in [-0.39, 0.29) is 11.9 Å². The maximum Gasteiger partial charge on any atom is 0.237 e. The van der Waals surface area contributed by atoms with E-state index in [1.807, 2.05) is 18.2 Å². The molecule has 1 amide bonds. The lowest BCUT2D eigenvalue weighted by molar-refractivity contribution is -0.122. The Morgan fingerprint density at radius 1 is 1.20 bits per heavy atom. The summed E-state index contributed by atoms with van der Waals surface area (Å²) in [5, 5.41) is 6.26. The van der Waals surface area contributed by atoms with Crippen LogP contribution in [0.3, 0.4) is 0 Å². The van der Waals surface area contributed by atoms with Gasteiger partial charge >= 0.3 is 0 Å². The molecule has 2 aliphatic heterocycles. The molecule has 5 heteroatoms. The van der Waals surface area contributed by atoms with Crippen molar-refractivity contribution in [1.82, 2.24) is 10.6 Å². The van der Waals surface area contributed by atoms with Crippen LogP contribution in [0.1, 0.15) is 24.8 Å². The molecule has 0 spiro atoms. The van der Waals surface area contributed by atoms with Crippen molar-refractivity contribution in [3.8, 4) is 11.5 Å². The monoisotopic (exact) mass is 276 g/mol. The van der Waals surface area contributed by atoms with Crippen LogP contribution in [0.4, 0.5) is 0 Å². The molecular formula is C15H20N2O3. The lowest BCUT2D eigenvalue weighted by Crippen LogP contribution is -2.42. The highest BCUT2D eigenvalue weighted by Gasteiger charge is 2.20. The van der Waals surface area contributed by atoms with Gasteiger partial charge in [-0.2, -0.15) is 0 Å². The first-order chi connectivity index (χ1) is 9.83. The molecule has 1 aromatic rings. The zero-order chi connectivity index (χ0) is 13.8. The number of carbonyl (C=O) groups is 1. The van der Waals surface area contributed by atoms with Gasteiger partial charge in [-0.25, -0.2) is 0 Å². The molecule has 3 rings (SSSR count). The van der Waals surface area contributed by atoms with Crippen molar-refractivity contribution < 1.29 is 14.3 Å². The van der Waals surface area contributed by atoms with Crippen LogP contribution in [0.5, 0.6) is 11.5 Å². The molecule has 5 nitrogen and oxygen atoms in total. The van der Waals surface area contributed by atoms with Gasteiger partial charge in [0.2, 0.25) is 5.91 Å². The summed E-state index contributed by atoms with van der Waals surface area (Å²) < 4.78 is 11.1. The Balaban J connectivity index is 1.61. The van der Waals surface area contributed by atoms with Crippen molar-refractivity contribution in [3.05, 3.63) is 23.8 Å². The number of carbonyl (C=O) groups excluding carboxylic acids is 1. The van der Waals surface area contributed by atoms with Gasteiger partial charge in [-0.1, -0.05) is 6.07 Å². The molecule has 2 aliphatic rings. The van der Waals surface area contributed by atoms with Crippen molar-refractivity contribution in [1.29, 1.82) is 0 Å². The van der Waals surface area contributed by atoms with Gasteiger partial charge in [0.1, 0.15) is 13.2 Å². The topological polar surface area (TPSA) is 59.6 Å². The molecule has 20 heavy (non-hydrogen) atoms. The Morgan fingerprint density at radius 3 is 2.95 bits per heavy atom. The Morgan fingerprint density at radius 2 is 2.05 bits per heavy atom. The lowest BCUT2D eigenvalue weighted by atomic mass is 10.1. The fourth-order valence-corrected chi connectivity index (χ4v) is 2.57. The molecule has 0 radical (unpaired) electrons. The fourth-order valence-electron chi connectivity index (χ4n) is 2.57. The van der Waals surface area contributed by atoms with Crippen LogP contribution in [0.15, 0.2) is 18.2 Å². The van der Waals surface area contributed by atoms with E-state index >= 15 is 0 Å². The van der Waals surface area contributed by atoms with Gasteiger partial charge in [0.25, 0.3) is 0 Å². The van der Waals surface area contributed by atoms with Gasteiger partial charge in [-0.05, 0) is 37.0 Å². The number of benzene rings is 1. The Bertz CT molecular complexity index is 490. The summed E-state index contributed by atoms with van der Waals surface area (Å²) in [6, 6.07) is 5.83. The van der Waals surface area contributed by atoms with E-state index in [1.165, 1.54) is 0 Å². The largest absolute Gasteiger partial charge is 0.486 e. The van der Waals surface area contributed by atoms with E-state index in [4.69, 9.17) is 9.47 Å². The molecule has 1 saturated heterocycles. The highest BCUT2D eigenvalue weighted by molar-refractivity contribution is 5.81. The van der Waals surface area contributed by atoms with Gasteiger partial charge in [0.05, 0.1) is 6.04 Å². The zero-order valence-electron chi connectivity index (χ0n) is 11.5. The van der Waals surface area contributed by atoms with Crippen molar-refractivity contribution in [2.75, 3.05) is 19.8 Å². The number of fused-ring (bicyclic) bond motifs is 1. The average molecular weight is 276 g/mol. The van der Waals surface area contributed by atoms with E-state index in [1.54, 1.807) is 0 Å². The van der Waals surface area contributed by atoms with E-state index < -0.39 is 0 Å². The fraction of sp³-hybridized carbons (Fsp3) is 0.533. The third-order valence-electron chi connectivity index (χ3n) is 3.69. The quantitative estimate of drug-likeness (QED) is 0.871. The summed E-state index contributed by atoms with van der Waals surface area (Å²) >= 11 is 0. The number of hydrogen-bond donors (Lipinski definition) is 2. The molecule has 1 atom stereocenters. The molecule has 0 bridgehead atoms. The van der Waals surface area contributed by atoms with Crippen molar-refractivity contribution in [2.45, 2.75) is 31.8 Å². The van der Waals surface area contributed by atoms with Crippen LogP contribution in [-0.4, -0.2) is 31.7 Å². The minimum atomic E-state index is -0.0919.